The fourth-order valence-corrected chi connectivity index (χ4v) is 1.71. The first-order chi connectivity index (χ1) is 9.90. The van der Waals surface area contributed by atoms with Crippen LogP contribution < -0.4 is 5.32 Å². The molecule has 0 aromatic heterocycles. The predicted molar refractivity (Wildman–Crippen MR) is 67.7 cm³/mol. The number of aromatic carboxylic acids is 1. The number of carbonyl (C=O) groups excluding carboxylic acids is 1. The monoisotopic (exact) mass is 295 g/mol. The van der Waals surface area contributed by atoms with E-state index in [9.17, 15) is 22.8 Å². The number of rotatable bonds is 3. The van der Waals surface area contributed by atoms with E-state index in [1.165, 1.54) is 6.07 Å². The Kier molecular flexibility index (Phi) is 3.93. The Morgan fingerprint density at radius 1 is 1.00 bits per heavy atom. The first-order valence-corrected chi connectivity index (χ1v) is 5.68. The molecule has 0 radical (unpaired) electrons. The van der Waals surface area contributed by atoms with E-state index in [4.69, 9.17) is 5.11 Å². The van der Waals surface area contributed by atoms with Crippen molar-refractivity contribution in [1.82, 2.24) is 0 Å². The molecule has 1 amide bonds. The number of halogens is 3. The number of benzene rings is 2. The standard InChI is InChI=1S/C14H8F3NO3/c15-7-4-5-9(16)8(6-7)13(19)18-11-3-1-2-10(17)12(11)14(20)21/h1-6H,(H,18,19)(H,20,21). The summed E-state index contributed by atoms with van der Waals surface area (Å²) in [7, 11) is 0. The van der Waals surface area contributed by atoms with Gasteiger partial charge in [0.05, 0.1) is 11.3 Å². The molecular formula is C14H8F3NO3. The molecule has 0 fully saturated rings. The molecule has 0 aliphatic rings. The summed E-state index contributed by atoms with van der Waals surface area (Å²) in [5.41, 5.74) is -1.73. The zero-order chi connectivity index (χ0) is 15.6. The minimum atomic E-state index is -1.59. The highest BCUT2D eigenvalue weighted by molar-refractivity contribution is 6.07. The summed E-state index contributed by atoms with van der Waals surface area (Å²) < 4.78 is 39.9. The number of carboxylic acids is 1. The van der Waals surface area contributed by atoms with Crippen molar-refractivity contribution >= 4 is 17.6 Å². The van der Waals surface area contributed by atoms with Gasteiger partial charge in [0.1, 0.15) is 23.0 Å². The molecule has 2 aromatic rings. The lowest BCUT2D eigenvalue weighted by Gasteiger charge is -2.09. The van der Waals surface area contributed by atoms with Crippen molar-refractivity contribution in [3.8, 4) is 0 Å². The normalized spacial score (nSPS) is 10.2. The van der Waals surface area contributed by atoms with Crippen LogP contribution in [0.4, 0.5) is 18.9 Å². The van der Waals surface area contributed by atoms with Crippen molar-refractivity contribution in [3.63, 3.8) is 0 Å². The van der Waals surface area contributed by atoms with Crippen LogP contribution in [0.3, 0.4) is 0 Å². The molecule has 0 saturated carbocycles. The summed E-state index contributed by atoms with van der Waals surface area (Å²) in [5.74, 6) is -5.55. The largest absolute Gasteiger partial charge is 0.478 e. The Hall–Kier alpha value is -2.83. The lowest BCUT2D eigenvalue weighted by atomic mass is 10.1. The fraction of sp³-hybridized carbons (Fsp3) is 0. The maximum absolute atomic E-state index is 13.4. The second-order valence-corrected chi connectivity index (χ2v) is 4.05. The van der Waals surface area contributed by atoms with E-state index in [1.54, 1.807) is 0 Å². The summed E-state index contributed by atoms with van der Waals surface area (Å²) in [5, 5.41) is 11.0. The smallest absolute Gasteiger partial charge is 0.340 e. The molecule has 108 valence electrons. The van der Waals surface area contributed by atoms with Crippen LogP contribution in [0.2, 0.25) is 0 Å². The maximum Gasteiger partial charge on any atom is 0.340 e. The van der Waals surface area contributed by atoms with Gasteiger partial charge in [0, 0.05) is 0 Å². The lowest BCUT2D eigenvalue weighted by molar-refractivity contribution is 0.0693. The summed E-state index contributed by atoms with van der Waals surface area (Å²) >= 11 is 0. The zero-order valence-corrected chi connectivity index (χ0v) is 10.4. The molecule has 0 unspecified atom stereocenters. The molecule has 4 nitrogen and oxygen atoms in total. The molecule has 0 atom stereocenters. The maximum atomic E-state index is 13.4. The van der Waals surface area contributed by atoms with Gasteiger partial charge in [-0.2, -0.15) is 0 Å². The van der Waals surface area contributed by atoms with Gasteiger partial charge in [-0.05, 0) is 30.3 Å². The molecule has 2 rings (SSSR count). The van der Waals surface area contributed by atoms with Crippen LogP contribution in [0.25, 0.3) is 0 Å². The van der Waals surface area contributed by atoms with Gasteiger partial charge in [0.25, 0.3) is 5.91 Å². The van der Waals surface area contributed by atoms with Crippen molar-refractivity contribution in [1.29, 1.82) is 0 Å². The van der Waals surface area contributed by atoms with E-state index in [2.05, 4.69) is 5.32 Å². The van der Waals surface area contributed by atoms with Gasteiger partial charge in [-0.25, -0.2) is 18.0 Å². The number of hydrogen-bond acceptors (Lipinski definition) is 2. The van der Waals surface area contributed by atoms with Gasteiger partial charge < -0.3 is 10.4 Å². The molecule has 0 aliphatic heterocycles. The highest BCUT2D eigenvalue weighted by Gasteiger charge is 2.19. The van der Waals surface area contributed by atoms with Crippen molar-refractivity contribution in [2.24, 2.45) is 0 Å². The number of nitrogens with one attached hydrogen (secondary N) is 1. The van der Waals surface area contributed by atoms with Crippen LogP contribution in [-0.4, -0.2) is 17.0 Å². The van der Waals surface area contributed by atoms with Gasteiger partial charge in [-0.15, -0.1) is 0 Å². The lowest BCUT2D eigenvalue weighted by Crippen LogP contribution is -2.17. The Morgan fingerprint density at radius 2 is 1.71 bits per heavy atom. The molecule has 0 aliphatic carbocycles. The Labute approximate surface area is 116 Å². The molecule has 21 heavy (non-hydrogen) atoms. The van der Waals surface area contributed by atoms with Gasteiger partial charge in [-0.1, -0.05) is 6.07 Å². The predicted octanol–water partition coefficient (Wildman–Crippen LogP) is 3.05. The van der Waals surface area contributed by atoms with E-state index in [1.807, 2.05) is 0 Å². The van der Waals surface area contributed by atoms with Crippen molar-refractivity contribution in [3.05, 3.63) is 65.0 Å². The van der Waals surface area contributed by atoms with Crippen LogP contribution in [0.5, 0.6) is 0 Å². The third kappa shape index (κ3) is 3.02. The quantitative estimate of drug-likeness (QED) is 0.914. The Bertz CT molecular complexity index is 731. The van der Waals surface area contributed by atoms with Crippen LogP contribution in [-0.2, 0) is 0 Å². The minimum absolute atomic E-state index is 0.351. The SMILES string of the molecule is O=C(Nc1cccc(F)c1C(=O)O)c1cc(F)ccc1F. The van der Waals surface area contributed by atoms with Gasteiger partial charge in [0.15, 0.2) is 0 Å². The average Bonchev–Trinajstić information content (AvgIpc) is 2.41. The third-order valence-corrected chi connectivity index (χ3v) is 2.65. The number of carbonyl (C=O) groups is 2. The second-order valence-electron chi connectivity index (χ2n) is 4.05. The molecular weight excluding hydrogens is 287 g/mol. The Balaban J connectivity index is 2.39. The summed E-state index contributed by atoms with van der Waals surface area (Å²) in [6.45, 7) is 0. The van der Waals surface area contributed by atoms with Gasteiger partial charge >= 0.3 is 5.97 Å². The van der Waals surface area contributed by atoms with Gasteiger partial charge in [-0.3, -0.25) is 4.79 Å². The molecule has 2 N–H and O–H groups in total. The highest BCUT2D eigenvalue weighted by atomic mass is 19.1. The van der Waals surface area contributed by atoms with E-state index in [0.29, 0.717) is 6.07 Å². The summed E-state index contributed by atoms with van der Waals surface area (Å²) in [4.78, 5) is 22.8. The third-order valence-electron chi connectivity index (χ3n) is 2.65. The zero-order valence-electron chi connectivity index (χ0n) is 10.4. The first-order valence-electron chi connectivity index (χ1n) is 5.68. The number of hydrogen-bond donors (Lipinski definition) is 2. The summed E-state index contributed by atoms with van der Waals surface area (Å²) in [6.07, 6.45) is 0. The van der Waals surface area contributed by atoms with E-state index >= 15 is 0 Å². The van der Waals surface area contributed by atoms with Crippen LogP contribution in [0.1, 0.15) is 20.7 Å². The van der Waals surface area contributed by atoms with Crippen molar-refractivity contribution < 1.29 is 27.9 Å². The molecule has 2 aromatic carbocycles. The average molecular weight is 295 g/mol. The second kappa shape index (κ2) is 5.66. The van der Waals surface area contributed by atoms with E-state index in [-0.39, 0.29) is 5.69 Å². The number of anilines is 1. The van der Waals surface area contributed by atoms with Crippen LogP contribution >= 0.6 is 0 Å². The van der Waals surface area contributed by atoms with Gasteiger partial charge in [0.2, 0.25) is 0 Å². The molecule has 7 heteroatoms. The van der Waals surface area contributed by atoms with Crippen molar-refractivity contribution in [2.45, 2.75) is 0 Å². The number of amides is 1. The molecule has 0 heterocycles. The topological polar surface area (TPSA) is 66.4 Å². The van der Waals surface area contributed by atoms with Crippen LogP contribution in [0, 0.1) is 17.5 Å². The van der Waals surface area contributed by atoms with Crippen LogP contribution in [0.15, 0.2) is 36.4 Å². The molecule has 0 spiro atoms. The molecule has 0 bridgehead atoms. The first kappa shape index (κ1) is 14.6. The summed E-state index contributed by atoms with van der Waals surface area (Å²) in [6, 6.07) is 5.47. The Morgan fingerprint density at radius 3 is 2.38 bits per heavy atom. The highest BCUT2D eigenvalue weighted by Crippen LogP contribution is 2.20. The van der Waals surface area contributed by atoms with E-state index < -0.39 is 40.5 Å². The fourth-order valence-electron chi connectivity index (χ4n) is 1.71. The van der Waals surface area contributed by atoms with E-state index in [0.717, 1.165) is 24.3 Å². The number of carboxylic acid groups (broad SMARTS) is 1. The minimum Gasteiger partial charge on any atom is -0.478 e. The van der Waals surface area contributed by atoms with Crippen molar-refractivity contribution in [2.75, 3.05) is 5.32 Å². The molecule has 0 saturated heterocycles.